The summed E-state index contributed by atoms with van der Waals surface area (Å²) in [5, 5.41) is 16.8. The summed E-state index contributed by atoms with van der Waals surface area (Å²) in [5.74, 6) is 0. The molecule has 0 unspecified atom stereocenters. The van der Waals surface area contributed by atoms with Crippen molar-refractivity contribution >= 4 is 10.1 Å². The second-order valence-corrected chi connectivity index (χ2v) is 5.10. The fourth-order valence-corrected chi connectivity index (χ4v) is 0.891. The van der Waals surface area contributed by atoms with Crippen LogP contribution in [0.25, 0.3) is 0 Å². The van der Waals surface area contributed by atoms with Crippen LogP contribution in [0.3, 0.4) is 0 Å². The first kappa shape index (κ1) is 22.9. The number of ether oxygens (including phenoxy) is 4. The van der Waals surface area contributed by atoms with Crippen LogP contribution in [-0.2, 0) is 29.1 Å². The normalized spacial score (nSPS) is 11.0. The number of hydrogen-bond donors (Lipinski definition) is 3. The highest BCUT2D eigenvalue weighted by Gasteiger charge is 1.91. The molecule has 0 amide bonds. The van der Waals surface area contributed by atoms with Crippen LogP contribution in [0.5, 0.6) is 0 Å². The van der Waals surface area contributed by atoms with Gasteiger partial charge in [-0.1, -0.05) is 0 Å². The summed E-state index contributed by atoms with van der Waals surface area (Å²) in [6.45, 7) is 3.79. The second kappa shape index (κ2) is 17.7. The van der Waals surface area contributed by atoms with Crippen molar-refractivity contribution in [3.63, 3.8) is 0 Å². The zero-order valence-corrected chi connectivity index (χ0v) is 13.1. The van der Waals surface area contributed by atoms with E-state index in [1.165, 1.54) is 0 Å². The minimum Gasteiger partial charge on any atom is -0.394 e. The van der Waals surface area contributed by atoms with Crippen LogP contribution in [0.15, 0.2) is 0 Å². The molecule has 0 fully saturated rings. The molecule has 0 aromatic heterocycles. The van der Waals surface area contributed by atoms with Gasteiger partial charge in [0.15, 0.2) is 0 Å². The zero-order chi connectivity index (χ0) is 16.4. The summed E-state index contributed by atoms with van der Waals surface area (Å²) in [7, 11) is -3.67. The second-order valence-electron chi connectivity index (χ2n) is 3.63. The molecular formula is C11H26O9S. The van der Waals surface area contributed by atoms with E-state index in [9.17, 15) is 8.42 Å². The van der Waals surface area contributed by atoms with Crippen molar-refractivity contribution in [2.45, 2.75) is 0 Å². The van der Waals surface area contributed by atoms with Crippen LogP contribution >= 0.6 is 0 Å². The monoisotopic (exact) mass is 334 g/mol. The van der Waals surface area contributed by atoms with Gasteiger partial charge in [-0.2, -0.15) is 8.42 Å². The van der Waals surface area contributed by atoms with E-state index in [-0.39, 0.29) is 13.2 Å². The van der Waals surface area contributed by atoms with Gasteiger partial charge in [0.25, 0.3) is 10.1 Å². The number of aliphatic hydroxyl groups excluding tert-OH is 2. The van der Waals surface area contributed by atoms with Gasteiger partial charge in [-0.15, -0.1) is 0 Å². The molecule has 0 heterocycles. The Bertz CT molecular complexity index is 259. The summed E-state index contributed by atoms with van der Waals surface area (Å²) in [6, 6.07) is 0. The Labute approximate surface area is 125 Å². The van der Waals surface area contributed by atoms with Crippen molar-refractivity contribution in [2.75, 3.05) is 72.3 Å². The molecular weight excluding hydrogens is 308 g/mol. The molecule has 0 aliphatic heterocycles. The fourth-order valence-electron chi connectivity index (χ4n) is 0.891. The molecule has 21 heavy (non-hydrogen) atoms. The van der Waals surface area contributed by atoms with E-state index >= 15 is 0 Å². The summed E-state index contributed by atoms with van der Waals surface area (Å²) in [4.78, 5) is 0. The molecule has 3 N–H and O–H groups in total. The maximum Gasteiger partial charge on any atom is 0.261 e. The number of aliphatic hydroxyl groups is 2. The minimum absolute atomic E-state index is 0.0386. The van der Waals surface area contributed by atoms with E-state index in [0.717, 1.165) is 0 Å². The van der Waals surface area contributed by atoms with Crippen molar-refractivity contribution in [1.29, 1.82) is 0 Å². The minimum atomic E-state index is -3.67. The van der Waals surface area contributed by atoms with E-state index in [4.69, 9.17) is 33.7 Å². The molecule has 0 atom stereocenters. The van der Waals surface area contributed by atoms with E-state index < -0.39 is 10.1 Å². The molecule has 9 nitrogen and oxygen atoms in total. The predicted octanol–water partition coefficient (Wildman–Crippen LogP) is -1.46. The van der Waals surface area contributed by atoms with Crippen LogP contribution in [-0.4, -0.2) is 95.5 Å². The van der Waals surface area contributed by atoms with Crippen LogP contribution in [0.2, 0.25) is 0 Å². The smallest absolute Gasteiger partial charge is 0.261 e. The summed E-state index contributed by atoms with van der Waals surface area (Å²) in [5.41, 5.74) is 0. The standard InChI is InChI=1S/C10H22O6.CH4O3S/c11-1-3-13-5-7-15-9-10-16-8-6-14-4-2-12;1-5(2,3)4/h11-12H,1-10H2;1H3,(H,2,3,4). The molecule has 0 bridgehead atoms. The predicted molar refractivity (Wildman–Crippen MR) is 74.9 cm³/mol. The first-order valence-electron chi connectivity index (χ1n) is 6.37. The van der Waals surface area contributed by atoms with E-state index in [1.807, 2.05) is 0 Å². The summed E-state index contributed by atoms with van der Waals surface area (Å²) in [6.07, 6.45) is 0.715. The van der Waals surface area contributed by atoms with Crippen LogP contribution in [0.1, 0.15) is 0 Å². The SMILES string of the molecule is CS(=O)(=O)O.OCCOCCOCCOCCOCCO. The average Bonchev–Trinajstić information content (AvgIpc) is 2.38. The number of rotatable bonds is 13. The fraction of sp³-hybridized carbons (Fsp3) is 1.00. The van der Waals surface area contributed by atoms with Gasteiger partial charge in [0.1, 0.15) is 0 Å². The Morgan fingerprint density at radius 3 is 1.05 bits per heavy atom. The zero-order valence-electron chi connectivity index (χ0n) is 12.3. The third-order valence-corrected chi connectivity index (χ3v) is 1.59. The lowest BCUT2D eigenvalue weighted by Gasteiger charge is -2.06. The lowest BCUT2D eigenvalue weighted by Crippen LogP contribution is -2.13. The van der Waals surface area contributed by atoms with Gasteiger partial charge >= 0.3 is 0 Å². The Balaban J connectivity index is 0. The van der Waals surface area contributed by atoms with Gasteiger partial charge in [-0.25, -0.2) is 0 Å². The lowest BCUT2D eigenvalue weighted by molar-refractivity contribution is -0.00856. The first-order valence-corrected chi connectivity index (χ1v) is 8.21. The highest BCUT2D eigenvalue weighted by molar-refractivity contribution is 7.85. The summed E-state index contributed by atoms with van der Waals surface area (Å²) >= 11 is 0. The third-order valence-electron chi connectivity index (χ3n) is 1.59. The van der Waals surface area contributed by atoms with E-state index in [1.54, 1.807) is 0 Å². The maximum atomic E-state index is 9.19. The van der Waals surface area contributed by atoms with Gasteiger partial charge < -0.3 is 29.2 Å². The Kier molecular flexibility index (Phi) is 19.4. The van der Waals surface area contributed by atoms with Crippen molar-refractivity contribution in [3.05, 3.63) is 0 Å². The topological polar surface area (TPSA) is 132 Å². The lowest BCUT2D eigenvalue weighted by atomic mass is 10.7. The van der Waals surface area contributed by atoms with Gasteiger partial charge in [0, 0.05) is 0 Å². The van der Waals surface area contributed by atoms with Crippen LogP contribution in [0, 0.1) is 0 Å². The molecule has 130 valence electrons. The van der Waals surface area contributed by atoms with Crippen molar-refractivity contribution in [2.24, 2.45) is 0 Å². The van der Waals surface area contributed by atoms with E-state index in [2.05, 4.69) is 0 Å². The van der Waals surface area contributed by atoms with Crippen LogP contribution < -0.4 is 0 Å². The molecule has 0 radical (unpaired) electrons. The van der Waals surface area contributed by atoms with Gasteiger partial charge in [-0.3, -0.25) is 4.55 Å². The van der Waals surface area contributed by atoms with E-state index in [0.29, 0.717) is 59.1 Å². The third kappa shape index (κ3) is 38.3. The average molecular weight is 334 g/mol. The number of hydrogen-bond acceptors (Lipinski definition) is 8. The van der Waals surface area contributed by atoms with Gasteiger partial charge in [0.2, 0.25) is 0 Å². The van der Waals surface area contributed by atoms with Crippen LogP contribution in [0.4, 0.5) is 0 Å². The van der Waals surface area contributed by atoms with Gasteiger partial charge in [-0.05, 0) is 0 Å². The maximum absolute atomic E-state index is 9.19. The van der Waals surface area contributed by atoms with Crippen molar-refractivity contribution < 1.29 is 42.1 Å². The summed E-state index contributed by atoms with van der Waals surface area (Å²) < 4.78 is 46.2. The van der Waals surface area contributed by atoms with Crippen molar-refractivity contribution in [3.8, 4) is 0 Å². The molecule has 0 saturated heterocycles. The Morgan fingerprint density at radius 2 is 0.857 bits per heavy atom. The molecule has 10 heteroatoms. The molecule has 0 aromatic carbocycles. The highest BCUT2D eigenvalue weighted by Crippen LogP contribution is 1.82. The largest absolute Gasteiger partial charge is 0.394 e. The molecule has 0 saturated carbocycles. The Hall–Kier alpha value is -0.330. The first-order chi connectivity index (χ1) is 9.91. The quantitative estimate of drug-likeness (QED) is 0.273. The molecule has 0 spiro atoms. The van der Waals surface area contributed by atoms with Gasteiger partial charge in [0.05, 0.1) is 72.3 Å². The Morgan fingerprint density at radius 1 is 0.667 bits per heavy atom. The molecule has 0 aliphatic carbocycles. The molecule has 0 aliphatic rings. The molecule has 0 rings (SSSR count). The van der Waals surface area contributed by atoms with Crippen molar-refractivity contribution in [1.82, 2.24) is 0 Å². The highest BCUT2D eigenvalue weighted by atomic mass is 32.2. The molecule has 0 aromatic rings.